The van der Waals surface area contributed by atoms with Crippen molar-refractivity contribution in [3.8, 4) is 0 Å². The third-order valence-corrected chi connectivity index (χ3v) is 4.62. The van der Waals surface area contributed by atoms with Crippen LogP contribution >= 0.6 is 0 Å². The predicted octanol–water partition coefficient (Wildman–Crippen LogP) is 3.78. The van der Waals surface area contributed by atoms with Gasteiger partial charge in [-0.25, -0.2) is 4.79 Å². The van der Waals surface area contributed by atoms with Gasteiger partial charge in [0.25, 0.3) is 0 Å². The first kappa shape index (κ1) is 17.3. The third-order valence-electron chi connectivity index (χ3n) is 4.62. The lowest BCUT2D eigenvalue weighted by atomic mass is 10.1. The first-order valence-electron chi connectivity index (χ1n) is 8.99. The number of benzene rings is 1. The molecule has 2 heterocycles. The molecule has 3 rings (SSSR count). The second-order valence-corrected chi connectivity index (χ2v) is 6.52. The number of nitrogens with zero attached hydrogens (tertiary/aromatic N) is 3. The number of rotatable bonds is 5. The number of nitrogens with one attached hydrogen (secondary N) is 1. The molecule has 0 atom stereocenters. The highest BCUT2D eigenvalue weighted by molar-refractivity contribution is 5.89. The summed E-state index contributed by atoms with van der Waals surface area (Å²) in [5.74, 6) is 0. The Morgan fingerprint density at radius 1 is 1.12 bits per heavy atom. The molecule has 1 aromatic carbocycles. The molecule has 2 amide bonds. The summed E-state index contributed by atoms with van der Waals surface area (Å²) >= 11 is 0. The van der Waals surface area contributed by atoms with Gasteiger partial charge in [0.05, 0.1) is 0 Å². The van der Waals surface area contributed by atoms with E-state index in [-0.39, 0.29) is 6.03 Å². The largest absolute Gasteiger partial charge is 0.372 e. The van der Waals surface area contributed by atoms with Crippen molar-refractivity contribution in [3.63, 3.8) is 0 Å². The molecule has 1 N–H and O–H groups in total. The summed E-state index contributed by atoms with van der Waals surface area (Å²) in [7, 11) is 1.81. The molecule has 2 aromatic rings. The van der Waals surface area contributed by atoms with Crippen molar-refractivity contribution >= 4 is 17.4 Å². The second-order valence-electron chi connectivity index (χ2n) is 6.52. The van der Waals surface area contributed by atoms with Crippen molar-refractivity contribution in [2.75, 3.05) is 36.9 Å². The third kappa shape index (κ3) is 4.95. The normalized spacial score (nSPS) is 14.2. The van der Waals surface area contributed by atoms with Crippen LogP contribution in [0.25, 0.3) is 0 Å². The van der Waals surface area contributed by atoms with Gasteiger partial charge >= 0.3 is 6.03 Å². The van der Waals surface area contributed by atoms with Crippen LogP contribution in [0.2, 0.25) is 0 Å². The second kappa shape index (κ2) is 8.51. The number of piperidine rings is 1. The van der Waals surface area contributed by atoms with Crippen molar-refractivity contribution in [2.45, 2.75) is 25.7 Å². The van der Waals surface area contributed by atoms with Gasteiger partial charge in [0.1, 0.15) is 0 Å². The molecule has 132 valence electrons. The number of likely N-dealkylation sites (N-methyl/N-ethyl adjacent to an activating group) is 1. The van der Waals surface area contributed by atoms with Gasteiger partial charge in [0.15, 0.2) is 0 Å². The van der Waals surface area contributed by atoms with E-state index < -0.39 is 0 Å². The van der Waals surface area contributed by atoms with Crippen LogP contribution < -0.4 is 10.2 Å². The molecule has 0 spiro atoms. The molecule has 5 heteroatoms. The zero-order valence-electron chi connectivity index (χ0n) is 14.8. The standard InChI is InChI=1S/C20H26N4O/c1-23(16-12-17-7-3-4-13-21-17)20(25)22-18-8-10-19(11-9-18)24-14-5-2-6-15-24/h3-4,7-11,13H,2,5-6,12,14-16H2,1H3,(H,22,25). The average Bonchev–Trinajstić information content (AvgIpc) is 2.68. The first-order valence-corrected chi connectivity index (χ1v) is 8.99. The van der Waals surface area contributed by atoms with E-state index >= 15 is 0 Å². The fraction of sp³-hybridized carbons (Fsp3) is 0.400. The first-order chi connectivity index (χ1) is 12.2. The quantitative estimate of drug-likeness (QED) is 0.902. The van der Waals surface area contributed by atoms with Gasteiger partial charge in [-0.1, -0.05) is 6.07 Å². The molecule has 1 fully saturated rings. The lowest BCUT2D eigenvalue weighted by molar-refractivity contribution is 0.223. The van der Waals surface area contributed by atoms with Gasteiger partial charge in [-0.15, -0.1) is 0 Å². The van der Waals surface area contributed by atoms with Gasteiger partial charge in [-0.05, 0) is 55.7 Å². The van der Waals surface area contributed by atoms with Crippen LogP contribution in [0.3, 0.4) is 0 Å². The van der Waals surface area contributed by atoms with Gasteiger partial charge < -0.3 is 15.1 Å². The minimum absolute atomic E-state index is 0.0957. The lowest BCUT2D eigenvalue weighted by Crippen LogP contribution is -2.33. The van der Waals surface area contributed by atoms with Gasteiger partial charge in [-0.3, -0.25) is 4.98 Å². The topological polar surface area (TPSA) is 48.5 Å². The van der Waals surface area contributed by atoms with Gasteiger partial charge in [-0.2, -0.15) is 0 Å². The van der Waals surface area contributed by atoms with Gasteiger partial charge in [0, 0.05) is 56.4 Å². The molecular formula is C20H26N4O. The fourth-order valence-corrected chi connectivity index (χ4v) is 3.06. The smallest absolute Gasteiger partial charge is 0.321 e. The molecule has 0 unspecified atom stereocenters. The Kier molecular flexibility index (Phi) is 5.88. The SMILES string of the molecule is CN(CCc1ccccn1)C(=O)Nc1ccc(N2CCCCC2)cc1. The number of amides is 2. The van der Waals surface area contributed by atoms with Crippen LogP contribution in [0.15, 0.2) is 48.7 Å². The minimum Gasteiger partial charge on any atom is -0.372 e. The van der Waals surface area contributed by atoms with Crippen LogP contribution in [-0.2, 0) is 6.42 Å². The number of carbonyl (C=O) groups is 1. The Morgan fingerprint density at radius 2 is 1.88 bits per heavy atom. The Hall–Kier alpha value is -2.56. The Labute approximate surface area is 149 Å². The molecular weight excluding hydrogens is 312 g/mol. The molecule has 1 aliphatic rings. The number of carbonyl (C=O) groups excluding carboxylic acids is 1. The van der Waals surface area contributed by atoms with Crippen molar-refractivity contribution in [1.82, 2.24) is 9.88 Å². The van der Waals surface area contributed by atoms with Crippen LogP contribution in [0.5, 0.6) is 0 Å². The summed E-state index contributed by atoms with van der Waals surface area (Å²) < 4.78 is 0. The number of aromatic nitrogens is 1. The summed E-state index contributed by atoms with van der Waals surface area (Å²) in [6.07, 6.45) is 6.38. The predicted molar refractivity (Wildman–Crippen MR) is 102 cm³/mol. The summed E-state index contributed by atoms with van der Waals surface area (Å²) in [6, 6.07) is 13.9. The zero-order chi connectivity index (χ0) is 17.5. The maximum Gasteiger partial charge on any atom is 0.321 e. The fourth-order valence-electron chi connectivity index (χ4n) is 3.06. The highest BCUT2D eigenvalue weighted by atomic mass is 16.2. The maximum atomic E-state index is 12.3. The van der Waals surface area contributed by atoms with Crippen LogP contribution in [0.1, 0.15) is 25.0 Å². The summed E-state index contributed by atoms with van der Waals surface area (Å²) in [5.41, 5.74) is 3.06. The van der Waals surface area contributed by atoms with Crippen molar-refractivity contribution in [2.24, 2.45) is 0 Å². The van der Waals surface area contributed by atoms with Gasteiger partial charge in [0.2, 0.25) is 0 Å². The Morgan fingerprint density at radius 3 is 2.56 bits per heavy atom. The Bertz CT molecular complexity index is 666. The van der Waals surface area contributed by atoms with E-state index in [1.807, 2.05) is 30.3 Å². The number of pyridine rings is 1. The average molecular weight is 338 g/mol. The molecule has 5 nitrogen and oxygen atoms in total. The van der Waals surface area contributed by atoms with Crippen molar-refractivity contribution in [3.05, 3.63) is 54.4 Å². The summed E-state index contributed by atoms with van der Waals surface area (Å²) in [5, 5.41) is 2.96. The molecule has 0 saturated carbocycles. The zero-order valence-corrected chi connectivity index (χ0v) is 14.8. The van der Waals surface area contributed by atoms with E-state index in [9.17, 15) is 4.79 Å². The Balaban J connectivity index is 1.49. The number of hydrogen-bond donors (Lipinski definition) is 1. The monoisotopic (exact) mass is 338 g/mol. The van der Waals surface area contributed by atoms with E-state index in [1.54, 1.807) is 18.1 Å². The minimum atomic E-state index is -0.0957. The van der Waals surface area contributed by atoms with Crippen molar-refractivity contribution < 1.29 is 4.79 Å². The molecule has 25 heavy (non-hydrogen) atoms. The molecule has 0 bridgehead atoms. The molecule has 1 aliphatic heterocycles. The van der Waals surface area contributed by atoms with E-state index in [0.29, 0.717) is 6.54 Å². The summed E-state index contributed by atoms with van der Waals surface area (Å²) in [6.45, 7) is 2.89. The van der Waals surface area contributed by atoms with Crippen LogP contribution in [0, 0.1) is 0 Å². The highest BCUT2D eigenvalue weighted by Gasteiger charge is 2.12. The molecule has 1 aromatic heterocycles. The molecule has 1 saturated heterocycles. The van der Waals surface area contributed by atoms with Crippen molar-refractivity contribution in [1.29, 1.82) is 0 Å². The summed E-state index contributed by atoms with van der Waals surface area (Å²) in [4.78, 5) is 20.7. The van der Waals surface area contributed by atoms with E-state index in [1.165, 1.54) is 24.9 Å². The molecule has 0 radical (unpaired) electrons. The van der Waals surface area contributed by atoms with E-state index in [2.05, 4.69) is 27.3 Å². The number of hydrogen-bond acceptors (Lipinski definition) is 3. The van der Waals surface area contributed by atoms with Crippen LogP contribution in [-0.4, -0.2) is 42.6 Å². The highest BCUT2D eigenvalue weighted by Crippen LogP contribution is 2.21. The maximum absolute atomic E-state index is 12.3. The lowest BCUT2D eigenvalue weighted by Gasteiger charge is -2.29. The number of urea groups is 1. The van der Waals surface area contributed by atoms with E-state index in [0.717, 1.165) is 30.9 Å². The molecule has 0 aliphatic carbocycles. The number of anilines is 2. The van der Waals surface area contributed by atoms with E-state index in [4.69, 9.17) is 0 Å². The van der Waals surface area contributed by atoms with Crippen LogP contribution in [0.4, 0.5) is 16.2 Å².